The van der Waals surface area contributed by atoms with E-state index in [1.165, 1.54) is 4.90 Å². The van der Waals surface area contributed by atoms with E-state index in [0.717, 1.165) is 16.7 Å². The number of anilines is 1. The number of aromatic hydroxyl groups is 1. The number of phenolic OH excluding ortho intramolecular Hbond substituents is 1. The quantitative estimate of drug-likeness (QED) is 0.271. The molecule has 0 spiro atoms. The molecule has 0 heterocycles. The third-order valence-corrected chi connectivity index (χ3v) is 6.75. The predicted molar refractivity (Wildman–Crippen MR) is 162 cm³/mol. The second-order valence-corrected chi connectivity index (χ2v) is 11.3. The normalized spacial score (nSPS) is 12.6. The third kappa shape index (κ3) is 8.33. The molecule has 0 radical (unpaired) electrons. The number of aryl methyl sites for hydroxylation is 3. The van der Waals surface area contributed by atoms with Gasteiger partial charge in [0, 0.05) is 24.2 Å². The van der Waals surface area contributed by atoms with Crippen molar-refractivity contribution in [3.63, 3.8) is 0 Å². The molecule has 3 aromatic rings. The molecule has 0 fully saturated rings. The number of hydrogen-bond acceptors (Lipinski definition) is 6. The van der Waals surface area contributed by atoms with Crippen LogP contribution >= 0.6 is 0 Å². The molecule has 2 atom stereocenters. The Balaban J connectivity index is 2.10. The number of amides is 3. The van der Waals surface area contributed by atoms with Crippen LogP contribution in [-0.2, 0) is 20.7 Å². The van der Waals surface area contributed by atoms with Crippen molar-refractivity contribution in [1.29, 1.82) is 0 Å². The lowest BCUT2D eigenvalue weighted by Crippen LogP contribution is -2.54. The number of rotatable bonds is 10. The number of aliphatic hydroxyl groups is 1. The van der Waals surface area contributed by atoms with Crippen molar-refractivity contribution in [2.75, 3.05) is 18.5 Å². The molecule has 3 amide bonds. The summed E-state index contributed by atoms with van der Waals surface area (Å²) in [6.45, 7) is 9.86. The van der Waals surface area contributed by atoms with Crippen molar-refractivity contribution >= 4 is 23.6 Å². The maximum atomic E-state index is 14.3. The molecule has 0 aliphatic heterocycles. The number of alkyl carbamates (subject to hydrolysis) is 1. The Morgan fingerprint density at radius 2 is 1.48 bits per heavy atom. The first-order valence-electron chi connectivity index (χ1n) is 13.9. The number of ether oxygens (including phenoxy) is 1. The topological polar surface area (TPSA) is 128 Å². The van der Waals surface area contributed by atoms with Gasteiger partial charge < -0.3 is 30.5 Å². The maximum Gasteiger partial charge on any atom is 0.408 e. The van der Waals surface area contributed by atoms with Crippen molar-refractivity contribution in [2.24, 2.45) is 0 Å². The summed E-state index contributed by atoms with van der Waals surface area (Å²) in [4.78, 5) is 42.5. The highest BCUT2D eigenvalue weighted by atomic mass is 16.6. The number of hydrogen-bond donors (Lipinski definition) is 4. The van der Waals surface area contributed by atoms with Gasteiger partial charge in [-0.15, -0.1) is 0 Å². The van der Waals surface area contributed by atoms with Crippen LogP contribution in [0.3, 0.4) is 0 Å². The number of para-hydroxylation sites is 2. The van der Waals surface area contributed by atoms with Crippen molar-refractivity contribution in [3.8, 4) is 5.75 Å². The molecule has 9 heteroatoms. The molecule has 3 rings (SSSR count). The summed E-state index contributed by atoms with van der Waals surface area (Å²) in [6.07, 6.45) is -0.693. The molecule has 0 bridgehead atoms. The van der Waals surface area contributed by atoms with E-state index >= 15 is 0 Å². The van der Waals surface area contributed by atoms with E-state index in [9.17, 15) is 24.6 Å². The van der Waals surface area contributed by atoms with Crippen LogP contribution in [-0.4, -0.2) is 57.8 Å². The number of carbonyl (C=O) groups is 3. The summed E-state index contributed by atoms with van der Waals surface area (Å²) in [5, 5.41) is 26.8. The van der Waals surface area contributed by atoms with Gasteiger partial charge in [-0.3, -0.25) is 9.59 Å². The minimum Gasteiger partial charge on any atom is -0.507 e. The molecule has 224 valence electrons. The van der Waals surface area contributed by atoms with Gasteiger partial charge in [-0.05, 0) is 63.8 Å². The standard InChI is InChI=1S/C33H41N3O6/c1-21-12-10-13-22(2)27(21)35-30(39)28(25-17-11-14-23(3)29(25)38)36(18-19-37)31(40)26(20-24-15-8-7-9-16-24)34-32(41)42-33(4,5)6/h7-17,26,28,37-38H,18-20H2,1-6H3,(H,34,41)(H,35,39). The summed E-state index contributed by atoms with van der Waals surface area (Å²) in [6, 6.07) is 17.2. The van der Waals surface area contributed by atoms with Crippen LogP contribution < -0.4 is 10.6 Å². The largest absolute Gasteiger partial charge is 0.507 e. The van der Waals surface area contributed by atoms with Crippen LogP contribution in [0.2, 0.25) is 0 Å². The molecule has 42 heavy (non-hydrogen) atoms. The van der Waals surface area contributed by atoms with Gasteiger partial charge in [0.2, 0.25) is 5.91 Å². The molecule has 3 aromatic carbocycles. The number of carbonyl (C=O) groups excluding carboxylic acids is 3. The maximum absolute atomic E-state index is 14.3. The molecular formula is C33H41N3O6. The molecule has 0 saturated heterocycles. The minimum atomic E-state index is -1.33. The first-order chi connectivity index (χ1) is 19.8. The summed E-state index contributed by atoms with van der Waals surface area (Å²) < 4.78 is 5.44. The van der Waals surface area contributed by atoms with E-state index < -0.39 is 42.2 Å². The number of aliphatic hydroxyl groups excluding tert-OH is 1. The minimum absolute atomic E-state index is 0.103. The van der Waals surface area contributed by atoms with Gasteiger partial charge in [0.15, 0.2) is 0 Å². The molecule has 0 aliphatic rings. The molecule has 0 saturated carbocycles. The van der Waals surface area contributed by atoms with E-state index in [0.29, 0.717) is 11.3 Å². The molecular weight excluding hydrogens is 534 g/mol. The van der Waals surface area contributed by atoms with E-state index in [1.54, 1.807) is 45.9 Å². The number of nitrogens with one attached hydrogen (secondary N) is 2. The van der Waals surface area contributed by atoms with E-state index in [-0.39, 0.29) is 24.3 Å². The molecule has 0 aliphatic carbocycles. The van der Waals surface area contributed by atoms with Gasteiger partial charge in [-0.1, -0.05) is 66.7 Å². The fourth-order valence-electron chi connectivity index (χ4n) is 4.73. The van der Waals surface area contributed by atoms with Crippen molar-refractivity contribution < 1.29 is 29.3 Å². The summed E-state index contributed by atoms with van der Waals surface area (Å²) in [5.41, 5.74) is 2.90. The highest BCUT2D eigenvalue weighted by Crippen LogP contribution is 2.34. The second-order valence-electron chi connectivity index (χ2n) is 11.3. The van der Waals surface area contributed by atoms with Gasteiger partial charge in [-0.25, -0.2) is 4.79 Å². The van der Waals surface area contributed by atoms with Crippen molar-refractivity contribution in [3.05, 3.63) is 94.5 Å². The van der Waals surface area contributed by atoms with Gasteiger partial charge in [0.25, 0.3) is 5.91 Å². The molecule has 4 N–H and O–H groups in total. The fraction of sp³-hybridized carbons (Fsp3) is 0.364. The number of benzene rings is 3. The Morgan fingerprint density at radius 3 is 2.07 bits per heavy atom. The van der Waals surface area contributed by atoms with Crippen molar-refractivity contribution in [2.45, 2.75) is 65.6 Å². The van der Waals surface area contributed by atoms with Crippen LogP contribution in [0, 0.1) is 20.8 Å². The van der Waals surface area contributed by atoms with E-state index in [2.05, 4.69) is 10.6 Å². The lowest BCUT2D eigenvalue weighted by atomic mass is 9.97. The highest BCUT2D eigenvalue weighted by Gasteiger charge is 2.38. The molecule has 9 nitrogen and oxygen atoms in total. The van der Waals surface area contributed by atoms with Gasteiger partial charge in [0.05, 0.1) is 6.61 Å². The summed E-state index contributed by atoms with van der Waals surface area (Å²) in [7, 11) is 0. The Morgan fingerprint density at radius 1 is 0.881 bits per heavy atom. The number of phenols is 1. The fourth-order valence-corrected chi connectivity index (χ4v) is 4.73. The summed E-state index contributed by atoms with van der Waals surface area (Å²) in [5.74, 6) is -1.35. The smallest absolute Gasteiger partial charge is 0.408 e. The molecule has 0 aromatic heterocycles. The van der Waals surface area contributed by atoms with Crippen molar-refractivity contribution in [1.82, 2.24) is 10.2 Å². The van der Waals surface area contributed by atoms with Gasteiger partial charge >= 0.3 is 6.09 Å². The van der Waals surface area contributed by atoms with Crippen LogP contribution in [0.5, 0.6) is 5.75 Å². The number of nitrogens with zero attached hydrogens (tertiary/aromatic N) is 1. The second kappa shape index (κ2) is 14.0. The van der Waals surface area contributed by atoms with E-state index in [4.69, 9.17) is 4.74 Å². The monoisotopic (exact) mass is 575 g/mol. The first-order valence-corrected chi connectivity index (χ1v) is 13.9. The lowest BCUT2D eigenvalue weighted by molar-refractivity contribution is -0.141. The first kappa shape index (κ1) is 32.1. The zero-order valence-electron chi connectivity index (χ0n) is 25.1. The zero-order valence-corrected chi connectivity index (χ0v) is 25.1. The van der Waals surface area contributed by atoms with Gasteiger partial charge in [0.1, 0.15) is 23.4 Å². The van der Waals surface area contributed by atoms with E-state index in [1.807, 2.05) is 62.4 Å². The highest BCUT2D eigenvalue weighted by molar-refractivity contribution is 6.00. The Kier molecular flexibility index (Phi) is 10.7. The molecule has 2 unspecified atom stereocenters. The van der Waals surface area contributed by atoms with Crippen LogP contribution in [0.1, 0.15) is 54.6 Å². The lowest BCUT2D eigenvalue weighted by Gasteiger charge is -2.34. The van der Waals surface area contributed by atoms with Crippen LogP contribution in [0.25, 0.3) is 0 Å². The Bertz CT molecular complexity index is 1380. The Labute approximate surface area is 247 Å². The average molecular weight is 576 g/mol. The Hall–Kier alpha value is -4.37. The predicted octanol–water partition coefficient (Wildman–Crippen LogP) is 4.95. The SMILES string of the molecule is Cc1cccc(C(C(=O)Nc2c(C)cccc2C)N(CCO)C(=O)C(Cc2ccccc2)NC(=O)OC(C)(C)C)c1O. The van der Waals surface area contributed by atoms with Crippen LogP contribution in [0.4, 0.5) is 10.5 Å². The summed E-state index contributed by atoms with van der Waals surface area (Å²) >= 11 is 0. The third-order valence-electron chi connectivity index (χ3n) is 6.75. The zero-order chi connectivity index (χ0) is 31.0. The average Bonchev–Trinajstić information content (AvgIpc) is 2.91. The van der Waals surface area contributed by atoms with Gasteiger partial charge in [-0.2, -0.15) is 0 Å². The van der Waals surface area contributed by atoms with Crippen LogP contribution in [0.15, 0.2) is 66.7 Å².